The lowest BCUT2D eigenvalue weighted by atomic mass is 9.91. The molecule has 0 aromatic heterocycles. The maximum absolute atomic E-state index is 2.54. The molecule has 1 heterocycles. The van der Waals surface area contributed by atoms with Crippen molar-refractivity contribution in [1.29, 1.82) is 0 Å². The summed E-state index contributed by atoms with van der Waals surface area (Å²) in [5.74, 6) is 0. The third kappa shape index (κ3) is 3.80. The van der Waals surface area contributed by atoms with Gasteiger partial charge >= 0.3 is 0 Å². The molecule has 0 aliphatic carbocycles. The van der Waals surface area contributed by atoms with Crippen molar-refractivity contribution in [2.24, 2.45) is 0 Å². The lowest BCUT2D eigenvalue weighted by Gasteiger charge is -2.33. The first-order chi connectivity index (χ1) is 21.3. The molecule has 0 radical (unpaired) electrons. The van der Waals surface area contributed by atoms with Gasteiger partial charge in [-0.25, -0.2) is 0 Å². The highest BCUT2D eigenvalue weighted by Gasteiger charge is 2.23. The summed E-state index contributed by atoms with van der Waals surface area (Å²) in [6, 6.07) is 53.6. The van der Waals surface area contributed by atoms with Crippen LogP contribution in [0.5, 0.6) is 0 Å². The van der Waals surface area contributed by atoms with Gasteiger partial charge in [0.25, 0.3) is 0 Å². The molecule has 43 heavy (non-hydrogen) atoms. The lowest BCUT2D eigenvalue weighted by Crippen LogP contribution is -2.24. The van der Waals surface area contributed by atoms with E-state index in [2.05, 4.69) is 155 Å². The second-order valence-electron chi connectivity index (χ2n) is 11.7. The van der Waals surface area contributed by atoms with Crippen molar-refractivity contribution in [2.75, 3.05) is 16.3 Å². The van der Waals surface area contributed by atoms with Gasteiger partial charge in [0.05, 0.1) is 5.69 Å². The summed E-state index contributed by atoms with van der Waals surface area (Å²) < 4.78 is 0. The van der Waals surface area contributed by atoms with Gasteiger partial charge in [0.15, 0.2) is 0 Å². The molecule has 204 valence electrons. The highest BCUT2D eigenvalue weighted by atomic mass is 15.1. The fourth-order valence-electron chi connectivity index (χ4n) is 7.30. The second-order valence-corrected chi connectivity index (χ2v) is 11.7. The van der Waals surface area contributed by atoms with Gasteiger partial charge in [0.2, 0.25) is 0 Å². The Kier molecular flexibility index (Phi) is 5.42. The minimum atomic E-state index is 1.04. The van der Waals surface area contributed by atoms with Crippen molar-refractivity contribution in [3.8, 4) is 0 Å². The zero-order valence-corrected chi connectivity index (χ0v) is 23.9. The molecule has 1 aliphatic heterocycles. The summed E-state index contributed by atoms with van der Waals surface area (Å²) in [5.41, 5.74) is 7.58. The molecule has 0 atom stereocenters. The third-order valence-electron chi connectivity index (χ3n) is 9.27. The molecule has 0 fully saturated rings. The number of hydrogen-bond acceptors (Lipinski definition) is 2. The van der Waals surface area contributed by atoms with Crippen LogP contribution in [0.25, 0.3) is 43.1 Å². The lowest BCUT2D eigenvalue weighted by molar-refractivity contribution is 0.768. The predicted octanol–water partition coefficient (Wildman–Crippen LogP) is 11.3. The highest BCUT2D eigenvalue weighted by Crippen LogP contribution is 2.47. The molecule has 8 aromatic rings. The molecule has 0 saturated carbocycles. The summed E-state index contributed by atoms with van der Waals surface area (Å²) >= 11 is 0. The number of rotatable bonds is 4. The van der Waals surface area contributed by atoms with E-state index in [1.807, 2.05) is 0 Å². The van der Waals surface area contributed by atoms with Crippen molar-refractivity contribution in [1.82, 2.24) is 0 Å². The fraction of sp³-hybridized carbons (Fsp3) is 0.0732. The summed E-state index contributed by atoms with van der Waals surface area (Å²) in [6.07, 6.45) is 2.31. The van der Waals surface area contributed by atoms with Crippen LogP contribution in [-0.4, -0.2) is 6.54 Å². The van der Waals surface area contributed by atoms with Crippen LogP contribution in [-0.2, 0) is 6.42 Å². The molecule has 1 aliphatic rings. The van der Waals surface area contributed by atoms with E-state index in [1.54, 1.807) is 0 Å². The van der Waals surface area contributed by atoms with Gasteiger partial charge in [-0.15, -0.1) is 0 Å². The largest absolute Gasteiger partial charge is 0.341 e. The van der Waals surface area contributed by atoms with Gasteiger partial charge in [-0.3, -0.25) is 0 Å². The van der Waals surface area contributed by atoms with Crippen LogP contribution in [0.4, 0.5) is 28.4 Å². The molecule has 9 rings (SSSR count). The Balaban J connectivity index is 1.30. The van der Waals surface area contributed by atoms with Crippen molar-refractivity contribution in [3.63, 3.8) is 0 Å². The first-order valence-electron chi connectivity index (χ1n) is 15.2. The van der Waals surface area contributed by atoms with Crippen molar-refractivity contribution >= 4 is 71.5 Å². The van der Waals surface area contributed by atoms with Crippen molar-refractivity contribution in [2.45, 2.75) is 12.8 Å². The Bertz CT molecular complexity index is 2280. The third-order valence-corrected chi connectivity index (χ3v) is 9.27. The molecule has 0 spiro atoms. The first-order valence-corrected chi connectivity index (χ1v) is 15.2. The highest BCUT2D eigenvalue weighted by molar-refractivity contribution is 6.28. The van der Waals surface area contributed by atoms with Gasteiger partial charge in [-0.2, -0.15) is 0 Å². The Morgan fingerprint density at radius 3 is 2.02 bits per heavy atom. The zero-order chi connectivity index (χ0) is 28.3. The van der Waals surface area contributed by atoms with E-state index >= 15 is 0 Å². The molecular formula is C41H30N2. The van der Waals surface area contributed by atoms with E-state index in [0.717, 1.165) is 24.3 Å². The Morgan fingerprint density at radius 1 is 0.465 bits per heavy atom. The van der Waals surface area contributed by atoms with Crippen LogP contribution in [0.3, 0.4) is 0 Å². The SMILES string of the molecule is c1ccc(N(c2ccc3ccccc3c2)c2ccc3ccc4c(N5CCCc6ccccc65)ccc5ccc2c3c54)cc1. The molecule has 0 saturated heterocycles. The molecule has 0 N–H and O–H groups in total. The van der Waals surface area contributed by atoms with E-state index in [0.29, 0.717) is 0 Å². The normalized spacial score (nSPS) is 13.3. The smallest absolute Gasteiger partial charge is 0.0540 e. The van der Waals surface area contributed by atoms with Crippen molar-refractivity contribution in [3.05, 3.63) is 151 Å². The van der Waals surface area contributed by atoms with E-state index in [1.165, 1.54) is 72.1 Å². The molecule has 0 amide bonds. The molecule has 2 nitrogen and oxygen atoms in total. The number of hydrogen-bond donors (Lipinski definition) is 0. The van der Waals surface area contributed by atoms with Gasteiger partial charge in [0, 0.05) is 40.1 Å². The monoisotopic (exact) mass is 550 g/mol. The van der Waals surface area contributed by atoms with Crippen LogP contribution < -0.4 is 9.80 Å². The first kappa shape index (κ1) is 24.3. The molecule has 0 bridgehead atoms. The zero-order valence-electron chi connectivity index (χ0n) is 23.9. The van der Waals surface area contributed by atoms with E-state index < -0.39 is 0 Å². The summed E-state index contributed by atoms with van der Waals surface area (Å²) in [6.45, 7) is 1.04. The van der Waals surface area contributed by atoms with E-state index in [9.17, 15) is 0 Å². The summed E-state index contributed by atoms with van der Waals surface area (Å²) in [4.78, 5) is 4.96. The van der Waals surface area contributed by atoms with Gasteiger partial charge in [-0.05, 0) is 93.2 Å². The van der Waals surface area contributed by atoms with Crippen LogP contribution in [0.15, 0.2) is 146 Å². The minimum Gasteiger partial charge on any atom is -0.341 e. The summed E-state index contributed by atoms with van der Waals surface area (Å²) in [5, 5.41) is 10.3. The number of fused-ring (bicyclic) bond motifs is 2. The van der Waals surface area contributed by atoms with Crippen LogP contribution in [0.2, 0.25) is 0 Å². The Morgan fingerprint density at radius 2 is 1.14 bits per heavy atom. The molecule has 8 aromatic carbocycles. The average Bonchev–Trinajstić information content (AvgIpc) is 3.08. The van der Waals surface area contributed by atoms with E-state index in [-0.39, 0.29) is 0 Å². The predicted molar refractivity (Wildman–Crippen MR) is 184 cm³/mol. The number of benzene rings is 8. The number of aryl methyl sites for hydroxylation is 1. The fourth-order valence-corrected chi connectivity index (χ4v) is 7.30. The minimum absolute atomic E-state index is 1.04. The molecule has 0 unspecified atom stereocenters. The topological polar surface area (TPSA) is 6.48 Å². The molecule has 2 heteroatoms. The Hall–Kier alpha value is -5.34. The van der Waals surface area contributed by atoms with Crippen LogP contribution in [0, 0.1) is 0 Å². The van der Waals surface area contributed by atoms with Gasteiger partial charge in [-0.1, -0.05) is 103 Å². The summed E-state index contributed by atoms with van der Waals surface area (Å²) in [7, 11) is 0. The standard InChI is InChI=1S/C41H30N2/c1-2-13-33(14-3-1)43(34-21-16-28-9-4-5-11-32(28)27-34)39-25-20-31-17-22-35-38(24-19-30-18-23-36(39)41(31)40(30)35)42-26-8-12-29-10-6-7-15-37(29)42/h1-7,9-11,13-25,27H,8,12,26H2. The van der Waals surface area contributed by atoms with Crippen LogP contribution in [0.1, 0.15) is 12.0 Å². The number of nitrogens with zero attached hydrogens (tertiary/aromatic N) is 2. The number of para-hydroxylation sites is 2. The quantitative estimate of drug-likeness (QED) is 0.201. The number of anilines is 5. The van der Waals surface area contributed by atoms with Crippen LogP contribution >= 0.6 is 0 Å². The van der Waals surface area contributed by atoms with Gasteiger partial charge < -0.3 is 9.80 Å². The molecular weight excluding hydrogens is 520 g/mol. The maximum Gasteiger partial charge on any atom is 0.0540 e. The maximum atomic E-state index is 2.54. The van der Waals surface area contributed by atoms with Gasteiger partial charge in [0.1, 0.15) is 0 Å². The van der Waals surface area contributed by atoms with E-state index in [4.69, 9.17) is 0 Å². The van der Waals surface area contributed by atoms with Crippen molar-refractivity contribution < 1.29 is 0 Å². The average molecular weight is 551 g/mol. The second kappa shape index (κ2) is 9.61. The Labute approximate surface area is 251 Å².